The lowest BCUT2D eigenvalue weighted by Gasteiger charge is -2.06. The van der Waals surface area contributed by atoms with Gasteiger partial charge in [0.1, 0.15) is 11.5 Å². The van der Waals surface area contributed by atoms with Gasteiger partial charge in [0.2, 0.25) is 0 Å². The highest BCUT2D eigenvalue weighted by Crippen LogP contribution is 2.21. The molecular weight excluding hydrogens is 323 g/mol. The summed E-state index contributed by atoms with van der Waals surface area (Å²) in [7, 11) is 0. The van der Waals surface area contributed by atoms with Crippen LogP contribution >= 0.6 is 0 Å². The predicted octanol–water partition coefficient (Wildman–Crippen LogP) is 2.82. The number of aromatic nitrogens is 5. The van der Waals surface area contributed by atoms with Crippen molar-refractivity contribution < 1.29 is 9.18 Å². The fourth-order valence-corrected chi connectivity index (χ4v) is 2.54. The van der Waals surface area contributed by atoms with Crippen LogP contribution in [-0.2, 0) is 0 Å². The van der Waals surface area contributed by atoms with E-state index in [0.717, 1.165) is 5.56 Å². The number of benzene rings is 1. The van der Waals surface area contributed by atoms with Gasteiger partial charge in [-0.2, -0.15) is 0 Å². The maximum atomic E-state index is 13.1. The van der Waals surface area contributed by atoms with Crippen molar-refractivity contribution in [3.05, 3.63) is 66.1 Å². The van der Waals surface area contributed by atoms with Crippen molar-refractivity contribution in [1.29, 1.82) is 0 Å². The summed E-state index contributed by atoms with van der Waals surface area (Å²) in [6, 6.07) is 9.46. The van der Waals surface area contributed by atoms with Crippen LogP contribution in [-0.4, -0.2) is 30.5 Å². The van der Waals surface area contributed by atoms with Gasteiger partial charge in [-0.05, 0) is 43.3 Å². The maximum absolute atomic E-state index is 13.1. The van der Waals surface area contributed by atoms with E-state index in [2.05, 4.69) is 25.5 Å². The highest BCUT2D eigenvalue weighted by atomic mass is 19.1. The molecule has 3 heterocycles. The Morgan fingerprint density at radius 1 is 1.16 bits per heavy atom. The van der Waals surface area contributed by atoms with Gasteiger partial charge in [-0.25, -0.2) is 9.37 Å². The van der Waals surface area contributed by atoms with Crippen molar-refractivity contribution in [3.63, 3.8) is 0 Å². The molecule has 0 saturated carbocycles. The molecule has 0 radical (unpaired) electrons. The fraction of sp³-hybridized carbons (Fsp3) is 0.0588. The summed E-state index contributed by atoms with van der Waals surface area (Å²) in [6.45, 7) is 1.78. The van der Waals surface area contributed by atoms with Crippen molar-refractivity contribution in [3.8, 4) is 11.4 Å². The molecule has 25 heavy (non-hydrogen) atoms. The van der Waals surface area contributed by atoms with Gasteiger partial charge < -0.3 is 10.3 Å². The van der Waals surface area contributed by atoms with Gasteiger partial charge in [0.25, 0.3) is 5.91 Å². The van der Waals surface area contributed by atoms with Crippen LogP contribution in [0.5, 0.6) is 0 Å². The molecule has 8 heteroatoms. The average Bonchev–Trinajstić information content (AvgIpc) is 3.21. The number of hydrogen-bond acceptors (Lipinski definition) is 4. The number of nitrogens with one attached hydrogen (secondary N) is 2. The summed E-state index contributed by atoms with van der Waals surface area (Å²) in [5, 5.41) is 11.0. The molecule has 0 aliphatic rings. The van der Waals surface area contributed by atoms with E-state index in [-0.39, 0.29) is 11.7 Å². The van der Waals surface area contributed by atoms with Crippen molar-refractivity contribution in [2.24, 2.45) is 0 Å². The molecule has 3 aromatic heterocycles. The Hall–Kier alpha value is -3.55. The van der Waals surface area contributed by atoms with Crippen LogP contribution in [0.2, 0.25) is 0 Å². The number of pyridine rings is 1. The number of aryl methyl sites for hydroxylation is 1. The number of anilines is 1. The van der Waals surface area contributed by atoms with Crippen LogP contribution in [0.1, 0.15) is 16.2 Å². The molecule has 0 fully saturated rings. The summed E-state index contributed by atoms with van der Waals surface area (Å²) < 4.78 is 14.9. The monoisotopic (exact) mass is 336 g/mol. The number of hydrogen-bond donors (Lipinski definition) is 2. The highest BCUT2D eigenvalue weighted by molar-refractivity contribution is 6.03. The molecule has 0 atom stereocenters. The molecule has 7 nitrogen and oxygen atoms in total. The zero-order chi connectivity index (χ0) is 17.4. The molecule has 1 aromatic carbocycles. The third kappa shape index (κ3) is 2.74. The SMILES string of the molecule is Cc1[nH]cnc1C(=O)Nc1ccc2nnc(-c3ccc(F)cc3)n2c1. The molecule has 1 amide bonds. The molecule has 124 valence electrons. The number of aromatic amines is 1. The number of carbonyl (C=O) groups excluding carboxylic acids is 1. The normalized spacial score (nSPS) is 11.0. The van der Waals surface area contributed by atoms with Crippen molar-refractivity contribution >= 4 is 17.2 Å². The van der Waals surface area contributed by atoms with Crippen LogP contribution in [0.3, 0.4) is 0 Å². The van der Waals surface area contributed by atoms with Crippen LogP contribution in [0, 0.1) is 12.7 Å². The average molecular weight is 336 g/mol. The molecule has 2 N–H and O–H groups in total. The Balaban J connectivity index is 1.70. The first-order valence-corrected chi connectivity index (χ1v) is 7.54. The lowest BCUT2D eigenvalue weighted by molar-refractivity contribution is 0.102. The second-order valence-corrected chi connectivity index (χ2v) is 5.51. The molecule has 4 rings (SSSR count). The number of halogens is 1. The maximum Gasteiger partial charge on any atom is 0.276 e. The Morgan fingerprint density at radius 2 is 1.96 bits per heavy atom. The zero-order valence-corrected chi connectivity index (χ0v) is 13.2. The molecule has 0 unspecified atom stereocenters. The van der Waals surface area contributed by atoms with E-state index in [9.17, 15) is 9.18 Å². The Kier molecular flexibility index (Phi) is 3.50. The van der Waals surface area contributed by atoms with Crippen molar-refractivity contribution in [2.45, 2.75) is 6.92 Å². The second-order valence-electron chi connectivity index (χ2n) is 5.51. The fourth-order valence-electron chi connectivity index (χ4n) is 2.54. The third-order valence-corrected chi connectivity index (χ3v) is 3.81. The quantitative estimate of drug-likeness (QED) is 0.602. The summed E-state index contributed by atoms with van der Waals surface area (Å²) in [5.74, 6) is -0.0727. The highest BCUT2D eigenvalue weighted by Gasteiger charge is 2.13. The molecule has 0 bridgehead atoms. The van der Waals surface area contributed by atoms with Gasteiger partial charge >= 0.3 is 0 Å². The number of carbonyl (C=O) groups is 1. The number of H-pyrrole nitrogens is 1. The minimum Gasteiger partial charge on any atom is -0.348 e. The molecule has 0 aliphatic carbocycles. The Labute approximate surface area is 141 Å². The van der Waals surface area contributed by atoms with Gasteiger partial charge in [0.15, 0.2) is 11.5 Å². The first kappa shape index (κ1) is 15.0. The first-order chi connectivity index (χ1) is 12.1. The Morgan fingerprint density at radius 3 is 2.68 bits per heavy atom. The number of imidazole rings is 1. The van der Waals surface area contributed by atoms with E-state index >= 15 is 0 Å². The van der Waals surface area contributed by atoms with Crippen molar-refractivity contribution in [2.75, 3.05) is 5.32 Å². The predicted molar refractivity (Wildman–Crippen MR) is 89.7 cm³/mol. The van der Waals surface area contributed by atoms with Crippen LogP contribution < -0.4 is 5.32 Å². The van der Waals surface area contributed by atoms with E-state index in [0.29, 0.717) is 28.5 Å². The lowest BCUT2D eigenvalue weighted by Crippen LogP contribution is -2.14. The van der Waals surface area contributed by atoms with E-state index in [1.165, 1.54) is 18.5 Å². The summed E-state index contributed by atoms with van der Waals surface area (Å²) in [4.78, 5) is 19.2. The number of nitrogens with zero attached hydrogens (tertiary/aromatic N) is 4. The van der Waals surface area contributed by atoms with Crippen LogP contribution in [0.4, 0.5) is 10.1 Å². The van der Waals surface area contributed by atoms with Crippen LogP contribution in [0.15, 0.2) is 48.9 Å². The summed E-state index contributed by atoms with van der Waals surface area (Å²) in [5.41, 5.74) is 2.94. The van der Waals surface area contributed by atoms with Gasteiger partial charge in [-0.1, -0.05) is 0 Å². The lowest BCUT2D eigenvalue weighted by atomic mass is 10.2. The molecule has 0 aliphatic heterocycles. The molecule has 0 saturated heterocycles. The van der Waals surface area contributed by atoms with Crippen LogP contribution in [0.25, 0.3) is 17.0 Å². The third-order valence-electron chi connectivity index (χ3n) is 3.81. The van der Waals surface area contributed by atoms with E-state index in [1.807, 2.05) is 0 Å². The van der Waals surface area contributed by atoms with Crippen molar-refractivity contribution in [1.82, 2.24) is 24.6 Å². The van der Waals surface area contributed by atoms with Gasteiger partial charge in [0.05, 0.1) is 12.0 Å². The first-order valence-electron chi connectivity index (χ1n) is 7.54. The standard InChI is InChI=1S/C17H13FN6O/c1-10-15(20-9-19-10)17(25)21-13-6-7-14-22-23-16(24(14)8-13)11-2-4-12(18)5-3-11/h2-9H,1H3,(H,19,20)(H,21,25). The molecule has 4 aromatic rings. The second kappa shape index (κ2) is 5.82. The van der Waals surface area contributed by atoms with E-state index in [4.69, 9.17) is 0 Å². The smallest absolute Gasteiger partial charge is 0.276 e. The van der Waals surface area contributed by atoms with Gasteiger partial charge in [-0.3, -0.25) is 9.20 Å². The largest absolute Gasteiger partial charge is 0.348 e. The summed E-state index contributed by atoms with van der Waals surface area (Å²) in [6.07, 6.45) is 3.19. The Bertz CT molecular complexity index is 1070. The van der Waals surface area contributed by atoms with E-state index < -0.39 is 0 Å². The van der Waals surface area contributed by atoms with E-state index in [1.54, 1.807) is 41.8 Å². The minimum atomic E-state index is -0.320. The number of fused-ring (bicyclic) bond motifs is 1. The topological polar surface area (TPSA) is 88.0 Å². The minimum absolute atomic E-state index is 0.311. The number of rotatable bonds is 3. The molecule has 0 spiro atoms. The zero-order valence-electron chi connectivity index (χ0n) is 13.2. The summed E-state index contributed by atoms with van der Waals surface area (Å²) >= 11 is 0. The van der Waals surface area contributed by atoms with Gasteiger partial charge in [-0.15, -0.1) is 10.2 Å². The number of amides is 1. The molecular formula is C17H13FN6O. The van der Waals surface area contributed by atoms with Gasteiger partial charge in [0, 0.05) is 17.5 Å².